The summed E-state index contributed by atoms with van der Waals surface area (Å²) in [7, 11) is 1.57. The molecule has 1 amide bonds. The Morgan fingerprint density at radius 3 is 2.70 bits per heavy atom. The van der Waals surface area contributed by atoms with Gasteiger partial charge in [0.2, 0.25) is 0 Å². The molecule has 0 aromatic heterocycles. The summed E-state index contributed by atoms with van der Waals surface area (Å²) in [5.41, 5.74) is 0.513. The molecule has 0 unspecified atom stereocenters. The van der Waals surface area contributed by atoms with Gasteiger partial charge in [0, 0.05) is 20.3 Å². The molecule has 1 aromatic carbocycles. The summed E-state index contributed by atoms with van der Waals surface area (Å²) in [6, 6.07) is 5.15. The molecule has 0 bridgehead atoms. The monoisotopic (exact) mass is 488 g/mol. The number of carbonyl (C=O) groups excluding carboxylic acids is 1. The van der Waals surface area contributed by atoms with E-state index in [1.165, 1.54) is 6.08 Å². The van der Waals surface area contributed by atoms with Crippen molar-refractivity contribution < 1.29 is 28.9 Å². The highest BCUT2D eigenvalue weighted by Gasteiger charge is 2.15. The van der Waals surface area contributed by atoms with Crippen molar-refractivity contribution in [2.45, 2.75) is 13.3 Å². The van der Waals surface area contributed by atoms with Crippen LogP contribution in [0.5, 0.6) is 11.5 Å². The molecule has 0 radical (unpaired) electrons. The average molecular weight is 488 g/mol. The van der Waals surface area contributed by atoms with Crippen LogP contribution in [0.3, 0.4) is 0 Å². The molecule has 0 saturated heterocycles. The summed E-state index contributed by atoms with van der Waals surface area (Å²) in [6.45, 7) is 2.54. The van der Waals surface area contributed by atoms with E-state index in [0.717, 1.165) is 0 Å². The number of hydrogen-bond donors (Lipinski definition) is 2. The molecule has 146 valence electrons. The van der Waals surface area contributed by atoms with Gasteiger partial charge in [-0.15, -0.1) is 0 Å². The molecule has 0 aliphatic heterocycles. The van der Waals surface area contributed by atoms with Crippen molar-refractivity contribution in [2.75, 3.05) is 33.5 Å². The Bertz CT molecular complexity index is 742. The smallest absolute Gasteiger partial charge is 0.341 e. The van der Waals surface area contributed by atoms with Gasteiger partial charge in [-0.3, -0.25) is 4.79 Å². The first-order valence-corrected chi connectivity index (χ1v) is 9.20. The molecule has 2 N–H and O–H groups in total. The molecular weight excluding hydrogens is 467 g/mol. The highest BCUT2D eigenvalue weighted by atomic mass is 127. The van der Waals surface area contributed by atoms with Gasteiger partial charge in [-0.25, -0.2) is 4.79 Å². The first-order valence-electron chi connectivity index (χ1n) is 8.12. The third kappa shape index (κ3) is 7.84. The summed E-state index contributed by atoms with van der Waals surface area (Å²) in [5, 5.41) is 20.7. The van der Waals surface area contributed by atoms with Gasteiger partial charge in [-0.2, -0.15) is 5.26 Å². The Kier molecular flexibility index (Phi) is 10.2. The lowest BCUT2D eigenvalue weighted by Crippen LogP contribution is -2.26. The Morgan fingerprint density at radius 2 is 2.11 bits per heavy atom. The van der Waals surface area contributed by atoms with Crippen molar-refractivity contribution in [3.63, 3.8) is 0 Å². The van der Waals surface area contributed by atoms with Crippen molar-refractivity contribution in [1.82, 2.24) is 5.32 Å². The molecule has 0 spiro atoms. The van der Waals surface area contributed by atoms with Crippen LogP contribution in [0.1, 0.15) is 18.9 Å². The van der Waals surface area contributed by atoms with E-state index >= 15 is 0 Å². The standard InChI is InChI=1S/C18H21IN2O6/c1-3-26-15-9-12(8-14(19)17(15)27-11-16(22)23)7-13(10-20)18(24)21-5-4-6-25-2/h7-9H,3-6,11H2,1-2H3,(H,21,24)(H,22,23)/b13-7+. The van der Waals surface area contributed by atoms with Crippen molar-refractivity contribution in [3.05, 3.63) is 26.8 Å². The number of rotatable bonds is 11. The Balaban J connectivity index is 3.06. The second kappa shape index (κ2) is 12.1. The van der Waals surface area contributed by atoms with E-state index < -0.39 is 18.5 Å². The number of methoxy groups -OCH3 is 1. The lowest BCUT2D eigenvalue weighted by atomic mass is 10.1. The van der Waals surface area contributed by atoms with Crippen molar-refractivity contribution in [3.8, 4) is 17.6 Å². The van der Waals surface area contributed by atoms with Crippen LogP contribution in [0.4, 0.5) is 0 Å². The minimum atomic E-state index is -1.10. The largest absolute Gasteiger partial charge is 0.490 e. The zero-order valence-electron chi connectivity index (χ0n) is 15.1. The van der Waals surface area contributed by atoms with Gasteiger partial charge in [0.05, 0.1) is 10.2 Å². The molecule has 0 aliphatic carbocycles. The van der Waals surface area contributed by atoms with E-state index in [1.54, 1.807) is 26.2 Å². The maximum atomic E-state index is 12.1. The fraction of sp³-hybridized carbons (Fsp3) is 0.389. The number of nitrogens with one attached hydrogen (secondary N) is 1. The number of ether oxygens (including phenoxy) is 3. The summed E-state index contributed by atoms with van der Waals surface area (Å²) >= 11 is 1.98. The third-order valence-corrected chi connectivity index (χ3v) is 3.96. The first kappa shape index (κ1) is 22.7. The fourth-order valence-electron chi connectivity index (χ4n) is 2.04. The van der Waals surface area contributed by atoms with Crippen molar-refractivity contribution >= 4 is 40.5 Å². The van der Waals surface area contributed by atoms with Gasteiger partial charge in [0.15, 0.2) is 18.1 Å². The lowest BCUT2D eigenvalue weighted by molar-refractivity contribution is -0.139. The highest BCUT2D eigenvalue weighted by molar-refractivity contribution is 14.1. The van der Waals surface area contributed by atoms with Crippen LogP contribution in [0.2, 0.25) is 0 Å². The van der Waals surface area contributed by atoms with Crippen molar-refractivity contribution in [1.29, 1.82) is 5.26 Å². The summed E-state index contributed by atoms with van der Waals surface area (Å²) in [6.07, 6.45) is 2.08. The number of nitrogens with zero attached hydrogens (tertiary/aromatic N) is 1. The van der Waals surface area contributed by atoms with Crippen LogP contribution < -0.4 is 14.8 Å². The number of carbonyl (C=O) groups is 2. The quantitative estimate of drug-likeness (QED) is 0.212. The van der Waals surface area contributed by atoms with E-state index in [1.807, 2.05) is 28.7 Å². The van der Waals surface area contributed by atoms with E-state index in [4.69, 9.17) is 19.3 Å². The van der Waals surface area contributed by atoms with Gasteiger partial charge in [0.25, 0.3) is 5.91 Å². The predicted molar refractivity (Wildman–Crippen MR) is 107 cm³/mol. The maximum absolute atomic E-state index is 12.1. The summed E-state index contributed by atoms with van der Waals surface area (Å²) in [4.78, 5) is 22.9. The van der Waals surface area contributed by atoms with E-state index in [0.29, 0.717) is 46.8 Å². The minimum absolute atomic E-state index is 0.0510. The number of carboxylic acids is 1. The maximum Gasteiger partial charge on any atom is 0.341 e. The zero-order chi connectivity index (χ0) is 20.2. The first-order chi connectivity index (χ1) is 12.9. The average Bonchev–Trinajstić information content (AvgIpc) is 2.62. The number of halogens is 1. The molecule has 0 fully saturated rings. The predicted octanol–water partition coefficient (Wildman–Crippen LogP) is 2.21. The molecule has 27 heavy (non-hydrogen) atoms. The molecule has 0 saturated carbocycles. The van der Waals surface area contributed by atoms with E-state index in [-0.39, 0.29) is 5.57 Å². The second-order valence-electron chi connectivity index (χ2n) is 5.22. The topological polar surface area (TPSA) is 118 Å². The molecule has 0 atom stereocenters. The number of amides is 1. The van der Waals surface area contributed by atoms with Crippen LogP contribution in [-0.4, -0.2) is 50.5 Å². The minimum Gasteiger partial charge on any atom is -0.490 e. The molecule has 0 aliphatic rings. The van der Waals surface area contributed by atoms with E-state index in [9.17, 15) is 14.9 Å². The second-order valence-corrected chi connectivity index (χ2v) is 6.38. The molecule has 0 heterocycles. The number of carboxylic acid groups (broad SMARTS) is 1. The van der Waals surface area contributed by atoms with E-state index in [2.05, 4.69) is 5.32 Å². The van der Waals surface area contributed by atoms with Gasteiger partial charge >= 0.3 is 5.97 Å². The molecule has 1 rings (SSSR count). The van der Waals surface area contributed by atoms with Crippen LogP contribution in [0, 0.1) is 14.9 Å². The highest BCUT2D eigenvalue weighted by Crippen LogP contribution is 2.35. The SMILES string of the molecule is CCOc1cc(/C=C(\C#N)C(=O)NCCCOC)cc(I)c1OCC(=O)O. The molecule has 9 heteroatoms. The lowest BCUT2D eigenvalue weighted by Gasteiger charge is -2.13. The van der Waals surface area contributed by atoms with Crippen molar-refractivity contribution in [2.24, 2.45) is 0 Å². The van der Waals surface area contributed by atoms with Gasteiger partial charge in [-0.1, -0.05) is 0 Å². The molecule has 8 nitrogen and oxygen atoms in total. The Hall–Kier alpha value is -2.32. The zero-order valence-corrected chi connectivity index (χ0v) is 17.2. The number of benzene rings is 1. The molecule has 1 aromatic rings. The van der Waals surface area contributed by atoms with Gasteiger partial charge in [-0.05, 0) is 59.7 Å². The normalized spacial score (nSPS) is 10.8. The van der Waals surface area contributed by atoms with Crippen LogP contribution in [0.15, 0.2) is 17.7 Å². The Labute approximate surface area is 171 Å². The third-order valence-electron chi connectivity index (χ3n) is 3.16. The summed E-state index contributed by atoms with van der Waals surface area (Å²) < 4.78 is 16.3. The van der Waals surface area contributed by atoms with Gasteiger partial charge < -0.3 is 24.6 Å². The summed E-state index contributed by atoms with van der Waals surface area (Å²) in [5.74, 6) is -0.934. The van der Waals surface area contributed by atoms with Crippen LogP contribution >= 0.6 is 22.6 Å². The molecular formula is C18H21IN2O6. The fourth-order valence-corrected chi connectivity index (χ4v) is 2.82. The Morgan fingerprint density at radius 1 is 1.37 bits per heavy atom. The van der Waals surface area contributed by atoms with Gasteiger partial charge in [0.1, 0.15) is 11.6 Å². The number of hydrogen-bond acceptors (Lipinski definition) is 6. The number of nitriles is 1. The number of aliphatic carboxylic acids is 1. The van der Waals surface area contributed by atoms with Crippen LogP contribution in [-0.2, 0) is 14.3 Å². The van der Waals surface area contributed by atoms with Crippen LogP contribution in [0.25, 0.3) is 6.08 Å².